The molecule has 2 aromatic heterocycles. The fourth-order valence-corrected chi connectivity index (χ4v) is 2.30. The average molecular weight is 311 g/mol. The molecule has 0 aromatic carbocycles. The van der Waals surface area contributed by atoms with Gasteiger partial charge in [0, 0.05) is 29.0 Å². The minimum Gasteiger partial charge on any atom is -0.392 e. The van der Waals surface area contributed by atoms with E-state index in [0.717, 1.165) is 10.0 Å². The van der Waals surface area contributed by atoms with Crippen LogP contribution in [-0.4, -0.2) is 32.9 Å². The van der Waals surface area contributed by atoms with Crippen molar-refractivity contribution in [2.75, 3.05) is 6.54 Å². The van der Waals surface area contributed by atoms with Gasteiger partial charge in [-0.2, -0.15) is 4.98 Å². The minimum atomic E-state index is -0.349. The zero-order valence-corrected chi connectivity index (χ0v) is 11.0. The van der Waals surface area contributed by atoms with E-state index in [-0.39, 0.29) is 12.1 Å². The lowest BCUT2D eigenvalue weighted by Gasteiger charge is -2.01. The van der Waals surface area contributed by atoms with E-state index in [1.165, 1.54) is 0 Å². The molecule has 3 rings (SSSR count). The van der Waals surface area contributed by atoms with Crippen molar-refractivity contribution in [1.82, 2.24) is 20.4 Å². The summed E-state index contributed by atoms with van der Waals surface area (Å²) in [6.07, 6.45) is 3.62. The number of pyridine rings is 1. The molecule has 7 heteroatoms. The Morgan fingerprint density at radius 1 is 1.44 bits per heavy atom. The van der Waals surface area contributed by atoms with Crippen molar-refractivity contribution in [3.63, 3.8) is 0 Å². The molecule has 3 heterocycles. The van der Waals surface area contributed by atoms with Crippen LogP contribution in [0.4, 0.5) is 0 Å². The molecule has 94 valence electrons. The van der Waals surface area contributed by atoms with Gasteiger partial charge in [-0.15, -0.1) is 0 Å². The van der Waals surface area contributed by atoms with Crippen molar-refractivity contribution >= 4 is 15.9 Å². The number of nitrogens with one attached hydrogen (secondary N) is 1. The highest BCUT2D eigenvalue weighted by Crippen LogP contribution is 2.25. The Kier molecular flexibility index (Phi) is 3.11. The maximum absolute atomic E-state index is 9.45. The largest absolute Gasteiger partial charge is 0.392 e. The molecule has 1 aliphatic heterocycles. The van der Waals surface area contributed by atoms with Gasteiger partial charge in [0.2, 0.25) is 11.7 Å². The fraction of sp³-hybridized carbons (Fsp3) is 0.364. The first kappa shape index (κ1) is 11.8. The summed E-state index contributed by atoms with van der Waals surface area (Å²) in [5.74, 6) is 1.00. The lowest BCUT2D eigenvalue weighted by molar-refractivity contribution is 0.191. The molecule has 1 aliphatic rings. The molecule has 0 amide bonds. The smallest absolute Gasteiger partial charge is 0.244 e. The van der Waals surface area contributed by atoms with Gasteiger partial charge >= 0.3 is 0 Å². The van der Waals surface area contributed by atoms with E-state index in [9.17, 15) is 5.11 Å². The van der Waals surface area contributed by atoms with E-state index in [1.807, 2.05) is 6.07 Å². The first-order valence-corrected chi connectivity index (χ1v) is 6.37. The summed E-state index contributed by atoms with van der Waals surface area (Å²) in [5.41, 5.74) is 0.790. The zero-order chi connectivity index (χ0) is 12.5. The molecule has 18 heavy (non-hydrogen) atoms. The number of hydrogen-bond donors (Lipinski definition) is 2. The van der Waals surface area contributed by atoms with E-state index in [0.29, 0.717) is 24.7 Å². The Morgan fingerprint density at radius 2 is 2.33 bits per heavy atom. The van der Waals surface area contributed by atoms with Crippen LogP contribution < -0.4 is 5.32 Å². The lowest BCUT2D eigenvalue weighted by atomic mass is 10.2. The van der Waals surface area contributed by atoms with Gasteiger partial charge in [-0.1, -0.05) is 5.16 Å². The second-order valence-electron chi connectivity index (χ2n) is 4.20. The molecular weight excluding hydrogens is 300 g/mol. The highest BCUT2D eigenvalue weighted by molar-refractivity contribution is 9.10. The van der Waals surface area contributed by atoms with E-state index in [2.05, 4.69) is 36.4 Å². The first-order valence-electron chi connectivity index (χ1n) is 5.58. The first-order chi connectivity index (χ1) is 8.72. The molecule has 0 aliphatic carbocycles. The normalized spacial score (nSPS) is 23.4. The molecule has 0 spiro atoms. The summed E-state index contributed by atoms with van der Waals surface area (Å²) in [6.45, 7) is 0.556. The number of β-amino-alcohol motifs (C(OH)–C–C–N with tert-alkyl or cyclic N) is 1. The molecule has 2 aromatic rings. The quantitative estimate of drug-likeness (QED) is 0.869. The summed E-state index contributed by atoms with van der Waals surface area (Å²) < 4.78 is 6.08. The van der Waals surface area contributed by atoms with Gasteiger partial charge in [-0.05, 0) is 28.4 Å². The van der Waals surface area contributed by atoms with Crippen LogP contribution in [0.1, 0.15) is 18.4 Å². The van der Waals surface area contributed by atoms with Crippen LogP contribution in [0.3, 0.4) is 0 Å². The molecule has 2 N–H and O–H groups in total. The van der Waals surface area contributed by atoms with Crippen LogP contribution in [0.5, 0.6) is 0 Å². The van der Waals surface area contributed by atoms with E-state index < -0.39 is 0 Å². The Morgan fingerprint density at radius 3 is 3.06 bits per heavy atom. The standard InChI is InChI=1S/C11H11BrN4O2/c12-7-1-6(3-13-4-7)10-15-11(18-16-10)9-2-8(17)5-14-9/h1,3-4,8-9,14,17H,2,5H2/t8?,9-/m0/s1. The van der Waals surface area contributed by atoms with Crippen LogP contribution in [-0.2, 0) is 0 Å². The summed E-state index contributed by atoms with van der Waals surface area (Å²) in [4.78, 5) is 8.38. The van der Waals surface area contributed by atoms with Crippen molar-refractivity contribution in [2.45, 2.75) is 18.6 Å². The van der Waals surface area contributed by atoms with Crippen LogP contribution in [0.25, 0.3) is 11.4 Å². The van der Waals surface area contributed by atoms with Gasteiger partial charge in [0.25, 0.3) is 0 Å². The van der Waals surface area contributed by atoms with Gasteiger partial charge in [0.15, 0.2) is 0 Å². The van der Waals surface area contributed by atoms with E-state index in [1.54, 1.807) is 12.4 Å². The van der Waals surface area contributed by atoms with Crippen LogP contribution in [0, 0.1) is 0 Å². The number of hydrogen-bond acceptors (Lipinski definition) is 6. The van der Waals surface area contributed by atoms with Crippen LogP contribution in [0.2, 0.25) is 0 Å². The lowest BCUT2D eigenvalue weighted by Crippen LogP contribution is -2.15. The molecule has 0 radical (unpaired) electrons. The van der Waals surface area contributed by atoms with Gasteiger partial charge in [-0.25, -0.2) is 0 Å². The van der Waals surface area contributed by atoms with E-state index >= 15 is 0 Å². The second-order valence-corrected chi connectivity index (χ2v) is 5.11. The molecule has 1 unspecified atom stereocenters. The number of aromatic nitrogens is 3. The summed E-state index contributed by atoms with van der Waals surface area (Å²) in [5, 5.41) is 16.5. The monoisotopic (exact) mass is 310 g/mol. The van der Waals surface area contributed by atoms with Crippen LogP contribution in [0.15, 0.2) is 27.5 Å². The Hall–Kier alpha value is -1.31. The molecule has 1 fully saturated rings. The van der Waals surface area contributed by atoms with Crippen molar-refractivity contribution < 1.29 is 9.63 Å². The van der Waals surface area contributed by atoms with Gasteiger partial charge in [0.1, 0.15) is 0 Å². The number of aliphatic hydroxyl groups is 1. The Bertz CT molecular complexity index is 559. The van der Waals surface area contributed by atoms with Gasteiger partial charge < -0.3 is 14.9 Å². The number of aliphatic hydroxyl groups excluding tert-OH is 1. The number of nitrogens with zero attached hydrogens (tertiary/aromatic N) is 3. The topological polar surface area (TPSA) is 84.1 Å². The predicted molar refractivity (Wildman–Crippen MR) is 66.6 cm³/mol. The number of halogens is 1. The maximum Gasteiger partial charge on any atom is 0.244 e. The Labute approximate surface area is 112 Å². The Balaban J connectivity index is 1.85. The molecule has 2 atom stereocenters. The molecular formula is C11H11BrN4O2. The highest BCUT2D eigenvalue weighted by Gasteiger charge is 2.28. The highest BCUT2D eigenvalue weighted by atomic mass is 79.9. The third-order valence-corrected chi connectivity index (χ3v) is 3.24. The van der Waals surface area contributed by atoms with Gasteiger partial charge in [-0.3, -0.25) is 4.98 Å². The molecule has 6 nitrogen and oxygen atoms in total. The maximum atomic E-state index is 9.45. The van der Waals surface area contributed by atoms with Crippen molar-refractivity contribution in [3.05, 3.63) is 28.8 Å². The van der Waals surface area contributed by atoms with Crippen molar-refractivity contribution in [3.8, 4) is 11.4 Å². The van der Waals surface area contributed by atoms with Gasteiger partial charge in [0.05, 0.1) is 12.1 Å². The zero-order valence-electron chi connectivity index (χ0n) is 9.38. The molecule has 1 saturated heterocycles. The predicted octanol–water partition coefficient (Wildman–Crippen LogP) is 1.29. The van der Waals surface area contributed by atoms with Crippen LogP contribution >= 0.6 is 15.9 Å². The number of rotatable bonds is 2. The second kappa shape index (κ2) is 4.75. The summed E-state index contributed by atoms with van der Waals surface area (Å²) >= 11 is 3.35. The average Bonchev–Trinajstić information content (AvgIpc) is 2.97. The summed E-state index contributed by atoms with van der Waals surface area (Å²) in [6, 6.07) is 1.81. The van der Waals surface area contributed by atoms with Crippen molar-refractivity contribution in [2.24, 2.45) is 0 Å². The van der Waals surface area contributed by atoms with Crippen molar-refractivity contribution in [1.29, 1.82) is 0 Å². The molecule has 0 saturated carbocycles. The third-order valence-electron chi connectivity index (χ3n) is 2.81. The SMILES string of the molecule is OC1CN[C@H](c2nc(-c3cncc(Br)c3)no2)C1. The minimum absolute atomic E-state index is 0.0682. The fourth-order valence-electron chi connectivity index (χ4n) is 1.93. The third kappa shape index (κ3) is 2.29. The molecule has 0 bridgehead atoms. The summed E-state index contributed by atoms with van der Waals surface area (Å²) in [7, 11) is 0. The van der Waals surface area contributed by atoms with E-state index in [4.69, 9.17) is 4.52 Å².